The Hall–Kier alpha value is -0.840. The topological polar surface area (TPSA) is 43.8 Å². The van der Waals surface area contributed by atoms with Crippen LogP contribution in [0, 0.1) is 0 Å². The fourth-order valence-electron chi connectivity index (χ4n) is 1.87. The van der Waals surface area contributed by atoms with E-state index in [-0.39, 0.29) is 0 Å². The first kappa shape index (κ1) is 13.6. The predicted molar refractivity (Wildman–Crippen MR) is 77.9 cm³/mol. The zero-order valence-electron chi connectivity index (χ0n) is 9.94. The number of imidazole rings is 1. The first-order valence-corrected chi connectivity index (χ1v) is 7.01. The molecule has 0 aliphatic rings. The van der Waals surface area contributed by atoms with Gasteiger partial charge < -0.3 is 10.3 Å². The van der Waals surface area contributed by atoms with Gasteiger partial charge in [-0.2, -0.15) is 0 Å². The number of aryl methyl sites for hydroxylation is 1. The molecule has 0 saturated heterocycles. The normalized spacial score (nSPS) is 10.8. The maximum Gasteiger partial charge on any atom is 0.113 e. The van der Waals surface area contributed by atoms with Gasteiger partial charge in [0, 0.05) is 34.9 Å². The maximum absolute atomic E-state index is 6.04. The summed E-state index contributed by atoms with van der Waals surface area (Å²) < 4.78 is 3.13. The fourth-order valence-corrected chi connectivity index (χ4v) is 2.80. The van der Waals surface area contributed by atoms with Crippen molar-refractivity contribution in [3.63, 3.8) is 0 Å². The van der Waals surface area contributed by atoms with E-state index in [0.29, 0.717) is 6.54 Å². The van der Waals surface area contributed by atoms with Crippen LogP contribution in [-0.4, -0.2) is 16.1 Å². The van der Waals surface area contributed by atoms with E-state index in [0.717, 1.165) is 40.3 Å². The van der Waals surface area contributed by atoms with Crippen LogP contribution in [0.3, 0.4) is 0 Å². The summed E-state index contributed by atoms with van der Waals surface area (Å²) >= 11 is 9.49. The molecule has 0 aliphatic carbocycles. The monoisotopic (exact) mass is 327 g/mol. The summed E-state index contributed by atoms with van der Waals surface area (Å²) in [5, 5.41) is 0.736. The third kappa shape index (κ3) is 3.57. The van der Waals surface area contributed by atoms with Gasteiger partial charge >= 0.3 is 0 Å². The Bertz CT molecular complexity index is 504. The number of hydrogen-bond acceptors (Lipinski definition) is 2. The summed E-state index contributed by atoms with van der Waals surface area (Å²) in [6.07, 6.45) is 5.55. The van der Waals surface area contributed by atoms with Crippen LogP contribution in [0.4, 0.5) is 0 Å². The lowest BCUT2D eigenvalue weighted by Crippen LogP contribution is -2.08. The van der Waals surface area contributed by atoms with E-state index in [1.54, 1.807) is 0 Å². The molecule has 5 heteroatoms. The van der Waals surface area contributed by atoms with Gasteiger partial charge in [-0.25, -0.2) is 4.98 Å². The van der Waals surface area contributed by atoms with Gasteiger partial charge in [0.05, 0.1) is 0 Å². The van der Waals surface area contributed by atoms with E-state index < -0.39 is 0 Å². The van der Waals surface area contributed by atoms with Crippen molar-refractivity contribution in [3.05, 3.63) is 51.5 Å². The molecule has 2 rings (SSSR count). The smallest absolute Gasteiger partial charge is 0.113 e. The maximum atomic E-state index is 6.04. The van der Waals surface area contributed by atoms with Crippen LogP contribution in [0.15, 0.2) is 35.1 Å². The number of halogens is 2. The van der Waals surface area contributed by atoms with E-state index in [1.807, 2.05) is 24.5 Å². The zero-order valence-corrected chi connectivity index (χ0v) is 12.3. The molecule has 0 aliphatic heterocycles. The van der Waals surface area contributed by atoms with Gasteiger partial charge in [-0.15, -0.1) is 0 Å². The quantitative estimate of drug-likeness (QED) is 0.915. The van der Waals surface area contributed by atoms with Gasteiger partial charge in [0.2, 0.25) is 0 Å². The minimum absolute atomic E-state index is 0.695. The number of hydrogen-bond donors (Lipinski definition) is 1. The summed E-state index contributed by atoms with van der Waals surface area (Å²) in [5.41, 5.74) is 6.68. The minimum atomic E-state index is 0.695. The largest absolute Gasteiger partial charge is 0.335 e. The average Bonchev–Trinajstić information content (AvgIpc) is 2.72. The molecule has 2 aromatic rings. The molecule has 0 bridgehead atoms. The molecule has 0 saturated carbocycles. The first-order chi connectivity index (χ1) is 8.69. The molecule has 2 N–H and O–H groups in total. The molecule has 0 amide bonds. The number of rotatable bonds is 5. The summed E-state index contributed by atoms with van der Waals surface area (Å²) in [4.78, 5) is 4.39. The van der Waals surface area contributed by atoms with Crippen molar-refractivity contribution in [2.45, 2.75) is 19.4 Å². The highest BCUT2D eigenvalue weighted by Crippen LogP contribution is 2.21. The number of aromatic nitrogens is 2. The van der Waals surface area contributed by atoms with Crippen LogP contribution in [0.25, 0.3) is 0 Å². The van der Waals surface area contributed by atoms with E-state index in [4.69, 9.17) is 17.3 Å². The summed E-state index contributed by atoms with van der Waals surface area (Å²) in [5.74, 6) is 1.04. The lowest BCUT2D eigenvalue weighted by atomic mass is 10.1. The molecule has 0 spiro atoms. The second-order valence-electron chi connectivity index (χ2n) is 4.13. The van der Waals surface area contributed by atoms with Crippen molar-refractivity contribution in [1.82, 2.24) is 9.55 Å². The molecular weight excluding hydrogens is 314 g/mol. The lowest BCUT2D eigenvalue weighted by molar-refractivity contribution is 0.624. The van der Waals surface area contributed by atoms with E-state index in [1.165, 1.54) is 0 Å². The highest BCUT2D eigenvalue weighted by molar-refractivity contribution is 9.10. The Labute approximate surface area is 120 Å². The third-order valence-corrected chi connectivity index (χ3v) is 3.37. The molecule has 3 nitrogen and oxygen atoms in total. The number of nitrogens with two attached hydrogens (primary N) is 1. The second kappa shape index (κ2) is 6.36. The Morgan fingerprint density at radius 1 is 1.33 bits per heavy atom. The average molecular weight is 329 g/mol. The molecule has 1 heterocycles. The van der Waals surface area contributed by atoms with Crippen molar-refractivity contribution in [2.24, 2.45) is 5.73 Å². The Morgan fingerprint density at radius 3 is 2.89 bits per heavy atom. The van der Waals surface area contributed by atoms with Crippen molar-refractivity contribution in [3.8, 4) is 0 Å². The molecule has 0 atom stereocenters. The van der Waals surface area contributed by atoms with Crippen LogP contribution >= 0.6 is 27.5 Å². The van der Waals surface area contributed by atoms with Crippen LogP contribution in [0.1, 0.15) is 17.8 Å². The van der Waals surface area contributed by atoms with Gasteiger partial charge in [-0.05, 0) is 36.7 Å². The third-order valence-electron chi connectivity index (χ3n) is 2.69. The van der Waals surface area contributed by atoms with Crippen molar-refractivity contribution >= 4 is 27.5 Å². The second-order valence-corrected chi connectivity index (χ2v) is 5.49. The molecule has 0 unspecified atom stereocenters. The van der Waals surface area contributed by atoms with Gasteiger partial charge in [-0.3, -0.25) is 0 Å². The van der Waals surface area contributed by atoms with Gasteiger partial charge in [0.15, 0.2) is 0 Å². The predicted octanol–water partition coefficient (Wildman–Crippen LogP) is 3.24. The molecule has 0 fully saturated rings. The van der Waals surface area contributed by atoms with Gasteiger partial charge in [-0.1, -0.05) is 27.5 Å². The van der Waals surface area contributed by atoms with E-state index in [9.17, 15) is 0 Å². The fraction of sp³-hybridized carbons (Fsp3) is 0.308. The van der Waals surface area contributed by atoms with Crippen LogP contribution in [0.5, 0.6) is 0 Å². The Morgan fingerprint density at radius 2 is 2.17 bits per heavy atom. The highest BCUT2D eigenvalue weighted by Gasteiger charge is 2.05. The standard InChI is InChI=1S/C13H15BrClN3/c14-11-6-10(7-12(15)9-11)8-13-17-3-5-18(13)4-1-2-16/h3,5-7,9H,1-2,4,8,16H2. The van der Waals surface area contributed by atoms with Crippen molar-refractivity contribution in [2.75, 3.05) is 6.54 Å². The summed E-state index contributed by atoms with van der Waals surface area (Å²) in [6.45, 7) is 1.61. The SMILES string of the molecule is NCCCn1ccnc1Cc1cc(Cl)cc(Br)c1. The molecular formula is C13H15BrClN3. The van der Waals surface area contributed by atoms with Crippen molar-refractivity contribution in [1.29, 1.82) is 0 Å². The molecule has 0 radical (unpaired) electrons. The molecule has 18 heavy (non-hydrogen) atoms. The van der Waals surface area contributed by atoms with Crippen LogP contribution in [0.2, 0.25) is 5.02 Å². The molecule has 96 valence electrons. The Kier molecular flexibility index (Phi) is 4.80. The van der Waals surface area contributed by atoms with Gasteiger partial charge in [0.25, 0.3) is 0 Å². The van der Waals surface area contributed by atoms with E-state index >= 15 is 0 Å². The summed E-state index contributed by atoms with van der Waals surface area (Å²) in [6, 6.07) is 5.91. The Balaban J connectivity index is 2.15. The lowest BCUT2D eigenvalue weighted by Gasteiger charge is -2.07. The van der Waals surface area contributed by atoms with Crippen LogP contribution in [-0.2, 0) is 13.0 Å². The number of benzene rings is 1. The summed E-state index contributed by atoms with van der Waals surface area (Å²) in [7, 11) is 0. The molecule has 1 aromatic carbocycles. The molecule has 1 aromatic heterocycles. The van der Waals surface area contributed by atoms with Crippen molar-refractivity contribution < 1.29 is 0 Å². The number of nitrogens with zero attached hydrogens (tertiary/aromatic N) is 2. The minimum Gasteiger partial charge on any atom is -0.335 e. The first-order valence-electron chi connectivity index (χ1n) is 5.84. The highest BCUT2D eigenvalue weighted by atomic mass is 79.9. The zero-order chi connectivity index (χ0) is 13.0. The van der Waals surface area contributed by atoms with Crippen LogP contribution < -0.4 is 5.73 Å². The van der Waals surface area contributed by atoms with E-state index in [2.05, 4.69) is 31.5 Å². The van der Waals surface area contributed by atoms with Gasteiger partial charge in [0.1, 0.15) is 5.82 Å².